The molecule has 1 aromatic carbocycles. The van der Waals surface area contributed by atoms with E-state index < -0.39 is 5.60 Å². The molecule has 2 aromatic rings. The van der Waals surface area contributed by atoms with Gasteiger partial charge in [0.25, 0.3) is 0 Å². The first kappa shape index (κ1) is 16.6. The number of benzene rings is 1. The third-order valence-corrected chi connectivity index (χ3v) is 4.25. The number of aryl methyl sites for hydroxylation is 1. The van der Waals surface area contributed by atoms with Crippen LogP contribution < -0.4 is 5.76 Å². The number of oxazole rings is 1. The van der Waals surface area contributed by atoms with Crippen molar-refractivity contribution in [1.82, 2.24) is 9.47 Å². The summed E-state index contributed by atoms with van der Waals surface area (Å²) in [4.78, 5) is 26.1. The molecule has 2 heterocycles. The van der Waals surface area contributed by atoms with Gasteiger partial charge in [0.2, 0.25) is 0 Å². The summed E-state index contributed by atoms with van der Waals surface area (Å²) in [5.41, 5.74) is 2.00. The van der Waals surface area contributed by atoms with Gasteiger partial charge in [0.1, 0.15) is 5.60 Å². The molecule has 0 unspecified atom stereocenters. The second-order valence-electron chi connectivity index (χ2n) is 7.41. The predicted molar refractivity (Wildman–Crippen MR) is 91.3 cm³/mol. The lowest BCUT2D eigenvalue weighted by Gasteiger charge is -2.33. The van der Waals surface area contributed by atoms with Crippen LogP contribution in [0.4, 0.5) is 4.79 Å². The van der Waals surface area contributed by atoms with E-state index in [0.29, 0.717) is 31.5 Å². The number of nitrogens with zero attached hydrogens (tertiary/aromatic N) is 2. The van der Waals surface area contributed by atoms with Gasteiger partial charge < -0.3 is 14.1 Å². The van der Waals surface area contributed by atoms with E-state index in [0.717, 1.165) is 11.1 Å². The molecule has 6 nitrogen and oxygen atoms in total. The van der Waals surface area contributed by atoms with Gasteiger partial charge in [0, 0.05) is 19.1 Å². The van der Waals surface area contributed by atoms with Crippen LogP contribution in [0, 0.1) is 6.92 Å². The van der Waals surface area contributed by atoms with Crippen LogP contribution in [0.2, 0.25) is 0 Å². The predicted octanol–water partition coefficient (Wildman–Crippen LogP) is 3.47. The number of fused-ring (bicyclic) bond motifs is 1. The van der Waals surface area contributed by atoms with Crippen molar-refractivity contribution in [2.24, 2.45) is 0 Å². The standard InChI is InChI=1S/C18H24N2O4/c1-12-5-6-14-15(11-12)23-17(22)20(14)13-7-9-19(10-8-13)16(21)24-18(2,3)4/h5-6,11,13H,7-10H2,1-4H3. The van der Waals surface area contributed by atoms with E-state index in [1.807, 2.05) is 45.9 Å². The lowest BCUT2D eigenvalue weighted by atomic mass is 10.0. The topological polar surface area (TPSA) is 64.7 Å². The van der Waals surface area contributed by atoms with E-state index in [2.05, 4.69) is 0 Å². The van der Waals surface area contributed by atoms with E-state index >= 15 is 0 Å². The molecule has 6 heteroatoms. The van der Waals surface area contributed by atoms with Crippen molar-refractivity contribution in [3.05, 3.63) is 34.3 Å². The molecule has 24 heavy (non-hydrogen) atoms. The smallest absolute Gasteiger partial charge is 0.420 e. The van der Waals surface area contributed by atoms with Gasteiger partial charge in [-0.05, 0) is 58.2 Å². The molecular formula is C18H24N2O4. The first-order chi connectivity index (χ1) is 11.2. The van der Waals surface area contributed by atoms with Crippen LogP contribution in [0.25, 0.3) is 11.1 Å². The fourth-order valence-electron chi connectivity index (χ4n) is 3.12. The van der Waals surface area contributed by atoms with Gasteiger partial charge in [-0.2, -0.15) is 0 Å². The Morgan fingerprint density at radius 2 is 1.92 bits per heavy atom. The zero-order valence-electron chi connectivity index (χ0n) is 14.7. The van der Waals surface area contributed by atoms with Crippen LogP contribution in [-0.4, -0.2) is 34.3 Å². The zero-order chi connectivity index (χ0) is 17.5. The molecule has 1 saturated heterocycles. The highest BCUT2D eigenvalue weighted by molar-refractivity contribution is 5.74. The first-order valence-corrected chi connectivity index (χ1v) is 8.34. The maximum Gasteiger partial charge on any atom is 0.420 e. The summed E-state index contributed by atoms with van der Waals surface area (Å²) < 4.78 is 12.5. The summed E-state index contributed by atoms with van der Waals surface area (Å²) in [6.45, 7) is 8.69. The molecule has 0 bridgehead atoms. The number of aromatic nitrogens is 1. The molecular weight excluding hydrogens is 308 g/mol. The Hall–Kier alpha value is -2.24. The van der Waals surface area contributed by atoms with Crippen LogP contribution in [0.1, 0.15) is 45.2 Å². The molecule has 0 N–H and O–H groups in total. The molecule has 1 aliphatic rings. The summed E-state index contributed by atoms with van der Waals surface area (Å²) in [5, 5.41) is 0. The summed E-state index contributed by atoms with van der Waals surface area (Å²) in [7, 11) is 0. The highest BCUT2D eigenvalue weighted by atomic mass is 16.6. The second kappa shape index (κ2) is 6.00. The largest absolute Gasteiger partial charge is 0.444 e. The average molecular weight is 332 g/mol. The first-order valence-electron chi connectivity index (χ1n) is 8.34. The van der Waals surface area contributed by atoms with Crippen molar-refractivity contribution < 1.29 is 13.9 Å². The van der Waals surface area contributed by atoms with Crippen molar-refractivity contribution in [1.29, 1.82) is 0 Å². The molecule has 0 atom stereocenters. The Morgan fingerprint density at radius 3 is 2.54 bits per heavy atom. The molecule has 1 aromatic heterocycles. The van der Waals surface area contributed by atoms with Crippen LogP contribution in [0.3, 0.4) is 0 Å². The molecule has 0 radical (unpaired) electrons. The Bertz CT molecular complexity index is 805. The Labute approximate surface area is 141 Å². The number of piperidine rings is 1. The monoisotopic (exact) mass is 332 g/mol. The van der Waals surface area contributed by atoms with Gasteiger partial charge in [-0.1, -0.05) is 6.07 Å². The minimum Gasteiger partial charge on any atom is -0.444 e. The van der Waals surface area contributed by atoms with E-state index in [4.69, 9.17) is 9.15 Å². The highest BCUT2D eigenvalue weighted by Crippen LogP contribution is 2.27. The average Bonchev–Trinajstić information content (AvgIpc) is 2.80. The quantitative estimate of drug-likeness (QED) is 0.802. The minimum absolute atomic E-state index is 0.0418. The van der Waals surface area contributed by atoms with Crippen molar-refractivity contribution in [3.63, 3.8) is 0 Å². The van der Waals surface area contributed by atoms with Crippen LogP contribution >= 0.6 is 0 Å². The van der Waals surface area contributed by atoms with Crippen molar-refractivity contribution >= 4 is 17.2 Å². The molecule has 1 aliphatic heterocycles. The molecule has 0 saturated carbocycles. The summed E-state index contributed by atoms with van der Waals surface area (Å²) in [6.07, 6.45) is 1.13. The summed E-state index contributed by atoms with van der Waals surface area (Å²) in [5.74, 6) is -0.327. The van der Waals surface area contributed by atoms with Gasteiger partial charge >= 0.3 is 11.8 Å². The Morgan fingerprint density at radius 1 is 1.25 bits per heavy atom. The number of rotatable bonds is 1. The molecule has 3 rings (SSSR count). The normalized spacial score (nSPS) is 16.6. The molecule has 130 valence electrons. The van der Waals surface area contributed by atoms with Crippen LogP contribution in [0.15, 0.2) is 27.4 Å². The highest BCUT2D eigenvalue weighted by Gasteiger charge is 2.29. The summed E-state index contributed by atoms with van der Waals surface area (Å²) >= 11 is 0. The number of likely N-dealkylation sites (tertiary alicyclic amines) is 1. The van der Waals surface area contributed by atoms with E-state index in [-0.39, 0.29) is 17.9 Å². The van der Waals surface area contributed by atoms with Gasteiger partial charge in [0.15, 0.2) is 5.58 Å². The minimum atomic E-state index is -0.497. The number of carbonyl (C=O) groups is 1. The van der Waals surface area contributed by atoms with Crippen molar-refractivity contribution in [2.45, 2.75) is 52.2 Å². The number of ether oxygens (including phenoxy) is 1. The number of hydrogen-bond donors (Lipinski definition) is 0. The van der Waals surface area contributed by atoms with Gasteiger partial charge in [-0.25, -0.2) is 9.59 Å². The zero-order valence-corrected chi connectivity index (χ0v) is 14.7. The van der Waals surface area contributed by atoms with E-state index in [9.17, 15) is 9.59 Å². The van der Waals surface area contributed by atoms with Crippen LogP contribution in [0.5, 0.6) is 0 Å². The maximum atomic E-state index is 12.2. The lowest BCUT2D eigenvalue weighted by molar-refractivity contribution is 0.0188. The number of hydrogen-bond acceptors (Lipinski definition) is 4. The molecule has 0 spiro atoms. The fourth-order valence-corrected chi connectivity index (χ4v) is 3.12. The van der Waals surface area contributed by atoms with Gasteiger partial charge in [-0.15, -0.1) is 0 Å². The van der Waals surface area contributed by atoms with Gasteiger partial charge in [0.05, 0.1) is 5.52 Å². The Balaban J connectivity index is 1.75. The molecule has 1 amide bonds. The summed E-state index contributed by atoms with van der Waals surface area (Å²) in [6, 6.07) is 5.82. The number of amides is 1. The van der Waals surface area contributed by atoms with Crippen molar-refractivity contribution in [3.8, 4) is 0 Å². The maximum absolute atomic E-state index is 12.2. The third-order valence-electron chi connectivity index (χ3n) is 4.25. The third kappa shape index (κ3) is 3.32. The SMILES string of the molecule is Cc1ccc2c(c1)oc(=O)n2C1CCN(C(=O)OC(C)(C)C)CC1. The fraction of sp³-hybridized carbons (Fsp3) is 0.556. The van der Waals surface area contributed by atoms with E-state index in [1.54, 1.807) is 9.47 Å². The van der Waals surface area contributed by atoms with E-state index in [1.165, 1.54) is 0 Å². The second-order valence-corrected chi connectivity index (χ2v) is 7.41. The molecule has 0 aliphatic carbocycles. The van der Waals surface area contributed by atoms with Crippen molar-refractivity contribution in [2.75, 3.05) is 13.1 Å². The number of carbonyl (C=O) groups excluding carboxylic acids is 1. The van der Waals surface area contributed by atoms with Gasteiger partial charge in [-0.3, -0.25) is 4.57 Å². The lowest BCUT2D eigenvalue weighted by Crippen LogP contribution is -2.42. The van der Waals surface area contributed by atoms with Crippen LogP contribution in [-0.2, 0) is 4.74 Å². The molecule has 1 fully saturated rings. The Kier molecular flexibility index (Phi) is 4.15.